The summed E-state index contributed by atoms with van der Waals surface area (Å²) in [7, 11) is 0. The molecular weight excluding hydrogens is 551 g/mol. The lowest BCUT2D eigenvalue weighted by atomic mass is 9.99. The molecule has 2 heteroatoms. The van der Waals surface area contributed by atoms with Crippen LogP contribution in [0.1, 0.15) is 0 Å². The average Bonchev–Trinajstić information content (AvgIpc) is 3.65. The molecule has 0 fully saturated rings. The van der Waals surface area contributed by atoms with E-state index in [2.05, 4.69) is 151 Å². The molecule has 0 aliphatic carbocycles. The van der Waals surface area contributed by atoms with Crippen molar-refractivity contribution in [3.05, 3.63) is 146 Å². The minimum absolute atomic E-state index is 1.18. The van der Waals surface area contributed by atoms with Gasteiger partial charge < -0.3 is 4.98 Å². The van der Waals surface area contributed by atoms with Gasteiger partial charge in [0.1, 0.15) is 0 Å². The first kappa shape index (κ1) is 24.0. The molecule has 10 aromatic rings. The van der Waals surface area contributed by atoms with Gasteiger partial charge in [0, 0.05) is 47.2 Å². The number of nitrogens with one attached hydrogen (secondary N) is 1. The summed E-state index contributed by atoms with van der Waals surface area (Å²) in [6.07, 6.45) is 0. The van der Waals surface area contributed by atoms with Gasteiger partial charge in [-0.3, -0.25) is 0 Å². The van der Waals surface area contributed by atoms with E-state index in [1.54, 1.807) is 0 Å². The zero-order valence-corrected chi connectivity index (χ0v) is 24.6. The number of hydrogen-bond acceptors (Lipinski definition) is 1. The minimum atomic E-state index is 1.18. The van der Waals surface area contributed by atoms with Crippen molar-refractivity contribution in [2.45, 2.75) is 0 Å². The van der Waals surface area contributed by atoms with Crippen LogP contribution < -0.4 is 0 Å². The van der Waals surface area contributed by atoms with Crippen LogP contribution in [0, 0.1) is 0 Å². The Morgan fingerprint density at radius 3 is 1.52 bits per heavy atom. The smallest absolute Gasteiger partial charge is 0.0545 e. The Labute approximate surface area is 257 Å². The Kier molecular flexibility index (Phi) is 4.94. The minimum Gasteiger partial charge on any atom is -0.354 e. The molecule has 1 N–H and O–H groups in total. The van der Waals surface area contributed by atoms with Gasteiger partial charge in [-0.15, -0.1) is 11.3 Å². The molecule has 44 heavy (non-hydrogen) atoms. The first-order valence-corrected chi connectivity index (χ1v) is 15.9. The zero-order chi connectivity index (χ0) is 28.8. The van der Waals surface area contributed by atoms with E-state index in [1.807, 2.05) is 11.3 Å². The van der Waals surface area contributed by atoms with E-state index in [0.29, 0.717) is 0 Å². The van der Waals surface area contributed by atoms with E-state index in [-0.39, 0.29) is 0 Å². The third kappa shape index (κ3) is 3.52. The molecule has 0 spiro atoms. The van der Waals surface area contributed by atoms with Gasteiger partial charge in [0.25, 0.3) is 0 Å². The van der Waals surface area contributed by atoms with Crippen molar-refractivity contribution in [2.75, 3.05) is 0 Å². The van der Waals surface area contributed by atoms with Crippen molar-refractivity contribution in [3.8, 4) is 22.3 Å². The first-order chi connectivity index (χ1) is 21.8. The van der Waals surface area contributed by atoms with Crippen molar-refractivity contribution < 1.29 is 0 Å². The van der Waals surface area contributed by atoms with Gasteiger partial charge in [-0.2, -0.15) is 0 Å². The van der Waals surface area contributed by atoms with E-state index in [1.165, 1.54) is 96.5 Å². The van der Waals surface area contributed by atoms with Crippen LogP contribution in [0.2, 0.25) is 0 Å². The largest absolute Gasteiger partial charge is 0.354 e. The van der Waals surface area contributed by atoms with Gasteiger partial charge in [-0.25, -0.2) is 0 Å². The third-order valence-corrected chi connectivity index (χ3v) is 10.6. The van der Waals surface area contributed by atoms with Crippen LogP contribution in [-0.4, -0.2) is 4.98 Å². The summed E-state index contributed by atoms with van der Waals surface area (Å²) in [4.78, 5) is 3.82. The number of thiophene rings is 1. The highest BCUT2D eigenvalue weighted by Crippen LogP contribution is 2.43. The molecule has 1 nitrogen and oxygen atoms in total. The third-order valence-electron chi connectivity index (χ3n) is 9.37. The Bertz CT molecular complexity index is 2580. The predicted octanol–water partition coefficient (Wildman–Crippen LogP) is 12.5. The summed E-state index contributed by atoms with van der Waals surface area (Å²) in [5, 5.41) is 12.9. The van der Waals surface area contributed by atoms with Crippen LogP contribution >= 0.6 is 11.3 Å². The highest BCUT2D eigenvalue weighted by Gasteiger charge is 2.14. The number of rotatable bonds is 2. The topological polar surface area (TPSA) is 15.8 Å². The van der Waals surface area contributed by atoms with Crippen LogP contribution in [0.3, 0.4) is 0 Å². The molecule has 0 saturated carbocycles. The SMILES string of the molecule is c1ccc2cc(-c3ccc4c(c3)[nH]c3c4ccc4c3ccc3c5ccc(-c6ccc7ccccc7c6)cc5sc34)ccc2c1. The number of benzene rings is 8. The molecule has 2 aromatic heterocycles. The second-order valence-electron chi connectivity index (χ2n) is 11.8. The van der Waals surface area contributed by atoms with Crippen LogP contribution in [0.4, 0.5) is 0 Å². The standard InChI is InChI=1S/C42H25NS/c1-3-7-27-21-29(11-9-25(27)5-1)31-13-15-33-35-17-20-38-36(41(35)43-39(33)23-31)18-19-37-34-16-14-32(24-40(34)44-42(37)38)30-12-10-26-6-2-4-8-28(26)22-30/h1-24,43H. The second-order valence-corrected chi connectivity index (χ2v) is 12.9. The molecule has 0 aliphatic heterocycles. The molecule has 0 unspecified atom stereocenters. The molecule has 0 amide bonds. The fourth-order valence-electron chi connectivity index (χ4n) is 7.11. The molecule has 0 aliphatic rings. The average molecular weight is 576 g/mol. The van der Waals surface area contributed by atoms with Gasteiger partial charge in [-0.05, 0) is 68.1 Å². The quantitative estimate of drug-likeness (QED) is 0.211. The number of H-pyrrole nitrogens is 1. The molecule has 8 aromatic carbocycles. The predicted molar refractivity (Wildman–Crippen MR) is 192 cm³/mol. The molecule has 0 saturated heterocycles. The van der Waals surface area contributed by atoms with Gasteiger partial charge in [-0.1, -0.05) is 121 Å². The summed E-state index contributed by atoms with van der Waals surface area (Å²) in [5.74, 6) is 0. The van der Waals surface area contributed by atoms with E-state index in [9.17, 15) is 0 Å². The van der Waals surface area contributed by atoms with Crippen LogP contribution in [0.25, 0.3) is 96.5 Å². The summed E-state index contributed by atoms with van der Waals surface area (Å²) in [6.45, 7) is 0. The van der Waals surface area contributed by atoms with Crippen molar-refractivity contribution in [1.82, 2.24) is 4.98 Å². The van der Waals surface area contributed by atoms with E-state index < -0.39 is 0 Å². The van der Waals surface area contributed by atoms with Gasteiger partial charge in [0.05, 0.1) is 5.52 Å². The molecule has 0 radical (unpaired) electrons. The van der Waals surface area contributed by atoms with Crippen molar-refractivity contribution in [3.63, 3.8) is 0 Å². The highest BCUT2D eigenvalue weighted by atomic mass is 32.1. The van der Waals surface area contributed by atoms with E-state index in [4.69, 9.17) is 0 Å². The summed E-state index contributed by atoms with van der Waals surface area (Å²) in [5.41, 5.74) is 7.38. The van der Waals surface area contributed by atoms with Gasteiger partial charge in [0.15, 0.2) is 0 Å². The van der Waals surface area contributed by atoms with E-state index in [0.717, 1.165) is 0 Å². The lowest BCUT2D eigenvalue weighted by molar-refractivity contribution is 1.56. The molecule has 2 heterocycles. The van der Waals surface area contributed by atoms with Crippen LogP contribution in [0.5, 0.6) is 0 Å². The Morgan fingerprint density at radius 2 is 0.841 bits per heavy atom. The maximum atomic E-state index is 3.82. The summed E-state index contributed by atoms with van der Waals surface area (Å²) < 4.78 is 2.68. The maximum absolute atomic E-state index is 3.82. The fourth-order valence-corrected chi connectivity index (χ4v) is 8.38. The summed E-state index contributed by atoms with van der Waals surface area (Å²) in [6, 6.07) is 53.7. The first-order valence-electron chi connectivity index (χ1n) is 15.1. The Hall–Kier alpha value is -5.44. The number of fused-ring (bicyclic) bond motifs is 11. The molecule has 0 bridgehead atoms. The lowest BCUT2D eigenvalue weighted by Crippen LogP contribution is -1.79. The number of aromatic nitrogens is 1. The van der Waals surface area contributed by atoms with Crippen LogP contribution in [-0.2, 0) is 0 Å². The van der Waals surface area contributed by atoms with Gasteiger partial charge in [0.2, 0.25) is 0 Å². The summed E-state index contributed by atoms with van der Waals surface area (Å²) >= 11 is 1.91. The fraction of sp³-hybridized carbons (Fsp3) is 0. The molecular formula is C42H25NS. The normalized spacial score (nSPS) is 12.1. The highest BCUT2D eigenvalue weighted by molar-refractivity contribution is 7.26. The molecule has 10 rings (SSSR count). The Balaban J connectivity index is 1.12. The van der Waals surface area contributed by atoms with Crippen molar-refractivity contribution in [2.24, 2.45) is 0 Å². The van der Waals surface area contributed by atoms with Gasteiger partial charge >= 0.3 is 0 Å². The van der Waals surface area contributed by atoms with Crippen molar-refractivity contribution >= 4 is 85.6 Å². The number of aromatic amines is 1. The lowest BCUT2D eigenvalue weighted by Gasteiger charge is -2.05. The van der Waals surface area contributed by atoms with Crippen molar-refractivity contribution in [1.29, 1.82) is 0 Å². The number of hydrogen-bond donors (Lipinski definition) is 1. The monoisotopic (exact) mass is 575 g/mol. The van der Waals surface area contributed by atoms with Crippen LogP contribution in [0.15, 0.2) is 146 Å². The second kappa shape index (κ2) is 9.03. The Morgan fingerprint density at radius 1 is 0.364 bits per heavy atom. The molecule has 204 valence electrons. The zero-order valence-electron chi connectivity index (χ0n) is 23.8. The maximum Gasteiger partial charge on any atom is 0.0545 e. The van der Waals surface area contributed by atoms with E-state index >= 15 is 0 Å². The molecule has 0 atom stereocenters.